The zero-order chi connectivity index (χ0) is 14.6. The van der Waals surface area contributed by atoms with Crippen molar-refractivity contribution in [2.24, 2.45) is 5.73 Å². The summed E-state index contributed by atoms with van der Waals surface area (Å²) in [5.74, 6) is 5.41. The highest BCUT2D eigenvalue weighted by Crippen LogP contribution is 2.29. The van der Waals surface area contributed by atoms with Crippen molar-refractivity contribution >= 4 is 0 Å². The first-order valence-electron chi connectivity index (χ1n) is 6.79. The number of nitrogens with two attached hydrogens (primary N) is 1. The van der Waals surface area contributed by atoms with Crippen LogP contribution in [0.5, 0.6) is 5.75 Å². The van der Waals surface area contributed by atoms with Crippen molar-refractivity contribution < 1.29 is 13.9 Å². The first-order chi connectivity index (χ1) is 9.50. The molecule has 1 atom stereocenters. The summed E-state index contributed by atoms with van der Waals surface area (Å²) in [6.45, 7) is 4.79. The van der Waals surface area contributed by atoms with Crippen molar-refractivity contribution in [1.82, 2.24) is 0 Å². The first-order valence-corrected chi connectivity index (χ1v) is 6.79. The Morgan fingerprint density at radius 1 is 1.50 bits per heavy atom. The van der Waals surface area contributed by atoms with E-state index < -0.39 is 5.82 Å². The lowest BCUT2D eigenvalue weighted by Crippen LogP contribution is -2.23. The van der Waals surface area contributed by atoms with Crippen molar-refractivity contribution in [3.63, 3.8) is 0 Å². The molecular weight excluding hydrogens is 257 g/mol. The lowest BCUT2D eigenvalue weighted by molar-refractivity contribution is -0.0326. The zero-order valence-corrected chi connectivity index (χ0v) is 11.9. The van der Waals surface area contributed by atoms with Gasteiger partial charge >= 0.3 is 0 Å². The Kier molecular flexibility index (Phi) is 4.64. The van der Waals surface area contributed by atoms with Crippen LogP contribution in [0.2, 0.25) is 0 Å². The number of ether oxygens (including phenoxy) is 2. The largest absolute Gasteiger partial charge is 0.491 e. The lowest BCUT2D eigenvalue weighted by Gasteiger charge is -2.19. The van der Waals surface area contributed by atoms with E-state index in [4.69, 9.17) is 15.2 Å². The highest BCUT2D eigenvalue weighted by atomic mass is 19.1. The third kappa shape index (κ3) is 3.96. The normalized spacial score (nSPS) is 20.3. The van der Waals surface area contributed by atoms with Crippen LogP contribution in [0.1, 0.15) is 32.3 Å². The van der Waals surface area contributed by atoms with Crippen molar-refractivity contribution in [3.8, 4) is 17.6 Å². The van der Waals surface area contributed by atoms with Gasteiger partial charge < -0.3 is 15.2 Å². The van der Waals surface area contributed by atoms with Gasteiger partial charge in [-0.05, 0) is 38.8 Å². The number of rotatable bonds is 3. The zero-order valence-electron chi connectivity index (χ0n) is 11.9. The Bertz CT molecular complexity index is 531. The topological polar surface area (TPSA) is 44.5 Å². The van der Waals surface area contributed by atoms with Crippen LogP contribution in [0.3, 0.4) is 0 Å². The fourth-order valence-electron chi connectivity index (χ4n) is 2.22. The second-order valence-corrected chi connectivity index (χ2v) is 5.50. The average molecular weight is 277 g/mol. The van der Waals surface area contributed by atoms with E-state index in [1.54, 1.807) is 12.1 Å². The van der Waals surface area contributed by atoms with Gasteiger partial charge in [-0.3, -0.25) is 0 Å². The van der Waals surface area contributed by atoms with E-state index in [0.717, 1.165) is 12.8 Å². The van der Waals surface area contributed by atoms with Crippen LogP contribution in [-0.4, -0.2) is 24.9 Å². The maximum Gasteiger partial charge on any atom is 0.142 e. The van der Waals surface area contributed by atoms with Crippen molar-refractivity contribution in [2.75, 3.05) is 13.2 Å². The average Bonchev–Trinajstić information content (AvgIpc) is 2.75. The van der Waals surface area contributed by atoms with Crippen LogP contribution in [0.15, 0.2) is 18.2 Å². The SMILES string of the molecule is CC1(C)CCC(COc2ccc(C#CCN)c(F)c2)O1. The molecule has 1 heterocycles. The second kappa shape index (κ2) is 6.25. The number of hydrogen-bond acceptors (Lipinski definition) is 3. The van der Waals surface area contributed by atoms with Gasteiger partial charge in [0, 0.05) is 6.07 Å². The summed E-state index contributed by atoms with van der Waals surface area (Å²) < 4.78 is 25.2. The standard InChI is InChI=1S/C16H20FNO2/c1-16(2)8-7-14(20-16)11-19-13-6-5-12(4-3-9-18)15(17)10-13/h5-6,10,14H,7-9,11,18H2,1-2H3. The molecule has 0 saturated carbocycles. The molecule has 2 N–H and O–H groups in total. The van der Waals surface area contributed by atoms with Crippen molar-refractivity contribution in [2.45, 2.75) is 38.4 Å². The molecule has 4 heteroatoms. The fraction of sp³-hybridized carbons (Fsp3) is 0.500. The molecule has 1 aliphatic heterocycles. The monoisotopic (exact) mass is 277 g/mol. The molecular formula is C16H20FNO2. The summed E-state index contributed by atoms with van der Waals surface area (Å²) in [7, 11) is 0. The minimum Gasteiger partial charge on any atom is -0.491 e. The summed E-state index contributed by atoms with van der Waals surface area (Å²) in [5.41, 5.74) is 5.51. The predicted octanol–water partition coefficient (Wildman–Crippen LogP) is 2.47. The van der Waals surface area contributed by atoms with Gasteiger partial charge in [0.1, 0.15) is 18.2 Å². The highest BCUT2D eigenvalue weighted by molar-refractivity contribution is 5.39. The summed E-state index contributed by atoms with van der Waals surface area (Å²) in [6.07, 6.45) is 2.06. The van der Waals surface area contributed by atoms with Crippen LogP contribution in [0.25, 0.3) is 0 Å². The predicted molar refractivity (Wildman–Crippen MR) is 76.0 cm³/mol. The molecule has 3 nitrogen and oxygen atoms in total. The van der Waals surface area contributed by atoms with Gasteiger partial charge in [-0.15, -0.1) is 0 Å². The Balaban J connectivity index is 1.92. The fourth-order valence-corrected chi connectivity index (χ4v) is 2.22. The molecule has 20 heavy (non-hydrogen) atoms. The van der Waals surface area contributed by atoms with Crippen molar-refractivity contribution in [1.29, 1.82) is 0 Å². The van der Waals surface area contributed by atoms with E-state index >= 15 is 0 Å². The molecule has 1 unspecified atom stereocenters. The van der Waals surface area contributed by atoms with Gasteiger partial charge in [-0.25, -0.2) is 4.39 Å². The summed E-state index contributed by atoms with van der Waals surface area (Å²) in [5, 5.41) is 0. The summed E-state index contributed by atoms with van der Waals surface area (Å²) >= 11 is 0. The molecule has 0 amide bonds. The van der Waals surface area contributed by atoms with E-state index in [9.17, 15) is 4.39 Å². The van der Waals surface area contributed by atoms with Gasteiger partial charge in [0.15, 0.2) is 0 Å². The summed E-state index contributed by atoms with van der Waals surface area (Å²) in [4.78, 5) is 0. The smallest absolute Gasteiger partial charge is 0.142 e. The molecule has 0 aromatic heterocycles. The molecule has 108 valence electrons. The van der Waals surface area contributed by atoms with Crippen LogP contribution >= 0.6 is 0 Å². The molecule has 1 aromatic rings. The maximum absolute atomic E-state index is 13.7. The van der Waals surface area contributed by atoms with Gasteiger partial charge in [-0.1, -0.05) is 11.8 Å². The number of benzene rings is 1. The molecule has 0 bridgehead atoms. The molecule has 1 aliphatic rings. The van der Waals surface area contributed by atoms with Gasteiger partial charge in [-0.2, -0.15) is 0 Å². The van der Waals surface area contributed by atoms with Gasteiger partial charge in [0.2, 0.25) is 0 Å². The molecule has 0 radical (unpaired) electrons. The molecule has 1 fully saturated rings. The first kappa shape index (κ1) is 14.8. The molecule has 2 rings (SSSR count). The van der Waals surface area contributed by atoms with E-state index in [1.165, 1.54) is 6.07 Å². The van der Waals surface area contributed by atoms with Gasteiger partial charge in [0.05, 0.1) is 23.8 Å². The van der Waals surface area contributed by atoms with Crippen LogP contribution in [0.4, 0.5) is 4.39 Å². The Morgan fingerprint density at radius 2 is 2.30 bits per heavy atom. The molecule has 0 aliphatic carbocycles. The van der Waals surface area contributed by atoms with E-state index in [2.05, 4.69) is 25.7 Å². The quantitative estimate of drug-likeness (QED) is 0.863. The van der Waals surface area contributed by atoms with Crippen molar-refractivity contribution in [3.05, 3.63) is 29.6 Å². The van der Waals surface area contributed by atoms with E-state index in [1.807, 2.05) is 0 Å². The van der Waals surface area contributed by atoms with Crippen LogP contribution in [-0.2, 0) is 4.74 Å². The minimum absolute atomic E-state index is 0.0739. The van der Waals surface area contributed by atoms with Gasteiger partial charge in [0.25, 0.3) is 0 Å². The summed E-state index contributed by atoms with van der Waals surface area (Å²) in [6, 6.07) is 4.66. The Morgan fingerprint density at radius 3 is 2.90 bits per heavy atom. The maximum atomic E-state index is 13.7. The van der Waals surface area contributed by atoms with Crippen LogP contribution in [0, 0.1) is 17.7 Å². The number of hydrogen-bond donors (Lipinski definition) is 1. The molecule has 1 saturated heterocycles. The highest BCUT2D eigenvalue weighted by Gasteiger charge is 2.31. The third-order valence-corrected chi connectivity index (χ3v) is 3.26. The van der Waals surface area contributed by atoms with E-state index in [0.29, 0.717) is 17.9 Å². The Labute approximate surface area is 119 Å². The lowest BCUT2D eigenvalue weighted by atomic mass is 10.1. The Hall–Kier alpha value is -1.57. The van der Waals surface area contributed by atoms with E-state index in [-0.39, 0.29) is 18.2 Å². The third-order valence-electron chi connectivity index (χ3n) is 3.26. The second-order valence-electron chi connectivity index (χ2n) is 5.50. The van der Waals surface area contributed by atoms with Crippen LogP contribution < -0.4 is 10.5 Å². The minimum atomic E-state index is -0.392. The number of halogens is 1. The molecule has 1 aromatic carbocycles. The molecule has 0 spiro atoms.